The van der Waals surface area contributed by atoms with Crippen molar-refractivity contribution in [3.8, 4) is 0 Å². The molecule has 6 nitrogen and oxygen atoms in total. The molecule has 0 aliphatic rings. The molecular weight excluding hydrogens is 302 g/mol. The van der Waals surface area contributed by atoms with Crippen molar-refractivity contribution >= 4 is 29.0 Å². The molecule has 0 atom stereocenters. The molecule has 0 unspecified atom stereocenters. The van der Waals surface area contributed by atoms with E-state index in [-0.39, 0.29) is 11.6 Å². The van der Waals surface area contributed by atoms with Crippen molar-refractivity contribution in [1.82, 2.24) is 15.1 Å². The van der Waals surface area contributed by atoms with Gasteiger partial charge in [-0.25, -0.2) is 0 Å². The Morgan fingerprint density at radius 3 is 2.59 bits per heavy atom. The van der Waals surface area contributed by atoms with Crippen molar-refractivity contribution in [3.63, 3.8) is 0 Å². The van der Waals surface area contributed by atoms with E-state index in [2.05, 4.69) is 25.7 Å². The molecule has 0 saturated carbocycles. The quantitative estimate of drug-likeness (QED) is 0.855. The second-order valence-electron chi connectivity index (χ2n) is 4.97. The number of amides is 1. The fourth-order valence-electron chi connectivity index (χ4n) is 1.70. The monoisotopic (exact) mass is 319 g/mol. The second-order valence-corrected chi connectivity index (χ2v) is 5.38. The first-order valence-corrected chi connectivity index (χ1v) is 7.22. The molecule has 1 aromatic carbocycles. The molecule has 0 aliphatic carbocycles. The van der Waals surface area contributed by atoms with Gasteiger partial charge in [-0.05, 0) is 38.4 Å². The Morgan fingerprint density at radius 1 is 1.18 bits per heavy atom. The van der Waals surface area contributed by atoms with Crippen LogP contribution in [0.4, 0.5) is 11.5 Å². The zero-order chi connectivity index (χ0) is 15.9. The lowest BCUT2D eigenvalue weighted by Gasteiger charge is -2.10. The van der Waals surface area contributed by atoms with Crippen LogP contribution < -0.4 is 10.6 Å². The van der Waals surface area contributed by atoms with Crippen LogP contribution in [0.2, 0.25) is 5.02 Å². The van der Waals surface area contributed by atoms with Crippen molar-refractivity contribution in [3.05, 3.63) is 47.1 Å². The maximum Gasteiger partial charge on any atom is 0.276 e. The molecule has 0 aliphatic heterocycles. The first kappa shape index (κ1) is 16.2. The molecule has 22 heavy (non-hydrogen) atoms. The van der Waals surface area contributed by atoms with E-state index in [0.717, 1.165) is 13.1 Å². The predicted octanol–water partition coefficient (Wildman–Crippen LogP) is 2.36. The summed E-state index contributed by atoms with van der Waals surface area (Å²) in [4.78, 5) is 14.1. The fraction of sp³-hybridized carbons (Fsp3) is 0.267. The third-order valence-corrected chi connectivity index (χ3v) is 3.21. The van der Waals surface area contributed by atoms with E-state index in [1.165, 1.54) is 0 Å². The first-order valence-electron chi connectivity index (χ1n) is 6.84. The van der Waals surface area contributed by atoms with E-state index in [1.807, 2.05) is 14.1 Å². The Morgan fingerprint density at radius 2 is 1.95 bits per heavy atom. The van der Waals surface area contributed by atoms with E-state index < -0.39 is 0 Å². The molecule has 2 aromatic rings. The van der Waals surface area contributed by atoms with Gasteiger partial charge in [-0.15, -0.1) is 10.2 Å². The number of carbonyl (C=O) groups is 1. The van der Waals surface area contributed by atoms with E-state index in [4.69, 9.17) is 11.6 Å². The van der Waals surface area contributed by atoms with E-state index in [0.29, 0.717) is 16.5 Å². The van der Waals surface area contributed by atoms with Crippen molar-refractivity contribution in [1.29, 1.82) is 0 Å². The highest BCUT2D eigenvalue weighted by Gasteiger charge is 2.10. The number of nitrogens with one attached hydrogen (secondary N) is 2. The lowest BCUT2D eigenvalue weighted by molar-refractivity contribution is 0.102. The molecule has 1 heterocycles. The standard InChI is InChI=1S/C15H18ClN5O/c1-21(2)10-9-17-14-8-7-13(19-20-14)15(22)18-12-6-4-3-5-11(12)16/h3-8H,9-10H2,1-2H3,(H,17,20)(H,18,22). The third-order valence-electron chi connectivity index (χ3n) is 2.88. The normalized spacial score (nSPS) is 10.5. The van der Waals surface area contributed by atoms with Gasteiger partial charge in [0.15, 0.2) is 5.69 Å². The smallest absolute Gasteiger partial charge is 0.276 e. The number of hydrogen-bond donors (Lipinski definition) is 2. The van der Waals surface area contributed by atoms with Gasteiger partial charge in [-0.2, -0.15) is 0 Å². The van der Waals surface area contributed by atoms with Crippen LogP contribution in [0.3, 0.4) is 0 Å². The second kappa shape index (κ2) is 7.72. The number of carbonyl (C=O) groups excluding carboxylic acids is 1. The molecule has 116 valence electrons. The van der Waals surface area contributed by atoms with Gasteiger partial charge in [0.05, 0.1) is 10.7 Å². The van der Waals surface area contributed by atoms with E-state index >= 15 is 0 Å². The zero-order valence-corrected chi connectivity index (χ0v) is 13.3. The Balaban J connectivity index is 1.95. The summed E-state index contributed by atoms with van der Waals surface area (Å²) in [7, 11) is 3.99. The van der Waals surface area contributed by atoms with Crippen LogP contribution in [0.5, 0.6) is 0 Å². The van der Waals surface area contributed by atoms with Crippen molar-refractivity contribution in [2.75, 3.05) is 37.8 Å². The summed E-state index contributed by atoms with van der Waals surface area (Å²) in [5, 5.41) is 14.2. The summed E-state index contributed by atoms with van der Waals surface area (Å²) < 4.78 is 0. The van der Waals surface area contributed by atoms with E-state index in [1.54, 1.807) is 36.4 Å². The van der Waals surface area contributed by atoms with Crippen LogP contribution in [-0.4, -0.2) is 48.2 Å². The highest BCUT2D eigenvalue weighted by atomic mass is 35.5. The van der Waals surface area contributed by atoms with Gasteiger partial charge in [0.25, 0.3) is 5.91 Å². The molecular formula is C15H18ClN5O. The molecule has 0 bridgehead atoms. The van der Waals surface area contributed by atoms with Gasteiger partial charge in [0, 0.05) is 13.1 Å². The Hall–Kier alpha value is -2.18. The number of halogens is 1. The summed E-state index contributed by atoms with van der Waals surface area (Å²) in [6, 6.07) is 10.4. The minimum Gasteiger partial charge on any atom is -0.367 e. The SMILES string of the molecule is CN(C)CCNc1ccc(C(=O)Nc2ccccc2Cl)nn1. The van der Waals surface area contributed by atoms with Gasteiger partial charge < -0.3 is 15.5 Å². The number of anilines is 2. The lowest BCUT2D eigenvalue weighted by Crippen LogP contribution is -2.21. The molecule has 2 N–H and O–H groups in total. The van der Waals surface area contributed by atoms with Crippen molar-refractivity contribution in [2.45, 2.75) is 0 Å². The molecule has 0 radical (unpaired) electrons. The van der Waals surface area contributed by atoms with Crippen molar-refractivity contribution < 1.29 is 4.79 Å². The Kier molecular flexibility index (Phi) is 5.68. The summed E-state index contributed by atoms with van der Waals surface area (Å²) in [6.45, 7) is 1.64. The maximum atomic E-state index is 12.1. The summed E-state index contributed by atoms with van der Waals surface area (Å²) in [6.07, 6.45) is 0. The van der Waals surface area contributed by atoms with E-state index in [9.17, 15) is 4.79 Å². The Labute approximate surface area is 134 Å². The summed E-state index contributed by atoms with van der Waals surface area (Å²) >= 11 is 6.00. The highest BCUT2D eigenvalue weighted by Crippen LogP contribution is 2.20. The van der Waals surface area contributed by atoms with Gasteiger partial charge in [0.1, 0.15) is 5.82 Å². The Bertz CT molecular complexity index is 630. The highest BCUT2D eigenvalue weighted by molar-refractivity contribution is 6.33. The number of benzene rings is 1. The molecule has 1 amide bonds. The first-order chi connectivity index (χ1) is 10.6. The molecule has 2 rings (SSSR count). The number of aromatic nitrogens is 2. The number of likely N-dealkylation sites (N-methyl/N-ethyl adjacent to an activating group) is 1. The van der Waals surface area contributed by atoms with Crippen LogP contribution >= 0.6 is 11.6 Å². The van der Waals surface area contributed by atoms with Crippen LogP contribution in [0, 0.1) is 0 Å². The van der Waals surface area contributed by atoms with Crippen LogP contribution in [0.1, 0.15) is 10.5 Å². The topological polar surface area (TPSA) is 70.2 Å². The van der Waals surface area contributed by atoms with Crippen LogP contribution in [0.15, 0.2) is 36.4 Å². The third kappa shape index (κ3) is 4.68. The fourth-order valence-corrected chi connectivity index (χ4v) is 1.89. The molecule has 7 heteroatoms. The lowest BCUT2D eigenvalue weighted by atomic mass is 10.3. The summed E-state index contributed by atoms with van der Waals surface area (Å²) in [5.74, 6) is 0.289. The number of nitrogens with zero attached hydrogens (tertiary/aromatic N) is 3. The minimum atomic E-state index is -0.347. The van der Waals surface area contributed by atoms with Gasteiger partial charge in [0.2, 0.25) is 0 Å². The zero-order valence-electron chi connectivity index (χ0n) is 12.5. The number of rotatable bonds is 6. The van der Waals surface area contributed by atoms with Gasteiger partial charge in [-0.3, -0.25) is 4.79 Å². The van der Waals surface area contributed by atoms with Crippen LogP contribution in [0.25, 0.3) is 0 Å². The predicted molar refractivity (Wildman–Crippen MR) is 88.5 cm³/mol. The molecule has 0 saturated heterocycles. The summed E-state index contributed by atoms with van der Waals surface area (Å²) in [5.41, 5.74) is 0.780. The molecule has 0 spiro atoms. The van der Waals surface area contributed by atoms with Gasteiger partial charge >= 0.3 is 0 Å². The molecule has 1 aromatic heterocycles. The van der Waals surface area contributed by atoms with Crippen molar-refractivity contribution in [2.24, 2.45) is 0 Å². The van der Waals surface area contributed by atoms with Crippen LogP contribution in [-0.2, 0) is 0 Å². The maximum absolute atomic E-state index is 12.1. The number of para-hydroxylation sites is 1. The molecule has 0 fully saturated rings. The van der Waals surface area contributed by atoms with Gasteiger partial charge in [-0.1, -0.05) is 23.7 Å². The minimum absolute atomic E-state index is 0.234. The average Bonchev–Trinajstić information content (AvgIpc) is 2.50. The average molecular weight is 320 g/mol. The number of hydrogen-bond acceptors (Lipinski definition) is 5. The largest absolute Gasteiger partial charge is 0.367 e.